The summed E-state index contributed by atoms with van der Waals surface area (Å²) in [4.78, 5) is 12.2. The zero-order valence-corrected chi connectivity index (χ0v) is 9.65. The van der Waals surface area contributed by atoms with E-state index in [4.69, 9.17) is 39.5 Å². The third-order valence-electron chi connectivity index (χ3n) is 1.95. The van der Waals surface area contributed by atoms with Crippen LogP contribution >= 0.6 is 34.8 Å². The molecule has 0 radical (unpaired) electrons. The number of nitrogens with one attached hydrogen (secondary N) is 1. The first-order valence-electron chi connectivity index (χ1n) is 4.14. The molecule has 0 unspecified atom stereocenters. The van der Waals surface area contributed by atoms with Crippen LogP contribution in [0.5, 0.6) is 0 Å². The monoisotopic (exact) mass is 260 g/mol. The SMILES string of the molecule is O=CN[C@@H](N1CCOCC1)C(Cl)(Cl)Cl. The molecule has 1 aliphatic heterocycles. The van der Waals surface area contributed by atoms with Gasteiger partial charge in [-0.1, -0.05) is 34.8 Å². The molecule has 1 heterocycles. The number of carbonyl (C=O) groups excluding carboxylic acids is 1. The molecule has 1 N–H and O–H groups in total. The van der Waals surface area contributed by atoms with Crippen molar-refractivity contribution in [2.45, 2.75) is 9.96 Å². The minimum atomic E-state index is -1.53. The van der Waals surface area contributed by atoms with Crippen LogP contribution in [-0.2, 0) is 9.53 Å². The van der Waals surface area contributed by atoms with E-state index in [1.807, 2.05) is 4.90 Å². The minimum absolute atomic E-state index is 0.530. The van der Waals surface area contributed by atoms with E-state index in [9.17, 15) is 4.79 Å². The topological polar surface area (TPSA) is 41.6 Å². The fourth-order valence-corrected chi connectivity index (χ4v) is 1.91. The molecule has 1 amide bonds. The number of ether oxygens (including phenoxy) is 1. The molecular formula is C7H11Cl3N2O2. The molecule has 0 aromatic rings. The van der Waals surface area contributed by atoms with Crippen molar-refractivity contribution >= 4 is 41.2 Å². The molecule has 0 aliphatic carbocycles. The normalized spacial score (nSPS) is 21.6. The zero-order valence-electron chi connectivity index (χ0n) is 7.38. The van der Waals surface area contributed by atoms with Crippen LogP contribution < -0.4 is 5.32 Å². The second-order valence-electron chi connectivity index (χ2n) is 2.88. The van der Waals surface area contributed by atoms with Gasteiger partial charge < -0.3 is 10.1 Å². The Morgan fingerprint density at radius 3 is 2.36 bits per heavy atom. The van der Waals surface area contributed by atoms with Crippen molar-refractivity contribution in [1.82, 2.24) is 10.2 Å². The largest absolute Gasteiger partial charge is 0.379 e. The van der Waals surface area contributed by atoms with Gasteiger partial charge in [-0.05, 0) is 0 Å². The Balaban J connectivity index is 2.60. The second kappa shape index (κ2) is 5.37. The van der Waals surface area contributed by atoms with Gasteiger partial charge in [-0.2, -0.15) is 0 Å². The highest BCUT2D eigenvalue weighted by Gasteiger charge is 2.37. The molecule has 1 saturated heterocycles. The summed E-state index contributed by atoms with van der Waals surface area (Å²) in [6.45, 7) is 2.44. The Labute approximate surface area is 97.4 Å². The first-order chi connectivity index (χ1) is 6.55. The number of alkyl halides is 3. The van der Waals surface area contributed by atoms with E-state index >= 15 is 0 Å². The van der Waals surface area contributed by atoms with Crippen molar-refractivity contribution in [2.75, 3.05) is 26.3 Å². The number of amides is 1. The highest BCUT2D eigenvalue weighted by atomic mass is 35.6. The predicted octanol–water partition coefficient (Wildman–Crippen LogP) is 0.761. The molecule has 1 atom stereocenters. The Bertz CT molecular complexity index is 192. The summed E-state index contributed by atoms with van der Waals surface area (Å²) in [5, 5.41) is 2.49. The smallest absolute Gasteiger partial charge is 0.223 e. The summed E-state index contributed by atoms with van der Waals surface area (Å²) in [5.41, 5.74) is 0. The van der Waals surface area contributed by atoms with E-state index in [1.54, 1.807) is 0 Å². The number of carbonyl (C=O) groups is 1. The van der Waals surface area contributed by atoms with Gasteiger partial charge in [0.15, 0.2) is 0 Å². The van der Waals surface area contributed by atoms with Crippen LogP contribution in [0.15, 0.2) is 0 Å². The van der Waals surface area contributed by atoms with Crippen molar-refractivity contribution in [3.05, 3.63) is 0 Å². The van der Waals surface area contributed by atoms with Gasteiger partial charge in [-0.3, -0.25) is 9.69 Å². The van der Waals surface area contributed by atoms with Crippen molar-refractivity contribution < 1.29 is 9.53 Å². The molecule has 0 aromatic carbocycles. The van der Waals surface area contributed by atoms with Gasteiger partial charge >= 0.3 is 0 Å². The first-order valence-corrected chi connectivity index (χ1v) is 5.27. The van der Waals surface area contributed by atoms with Gasteiger partial charge in [0.1, 0.15) is 6.17 Å². The van der Waals surface area contributed by atoms with Crippen molar-refractivity contribution in [3.8, 4) is 0 Å². The van der Waals surface area contributed by atoms with E-state index in [1.165, 1.54) is 0 Å². The average molecular weight is 262 g/mol. The number of halogens is 3. The molecule has 82 valence electrons. The first kappa shape index (κ1) is 12.3. The number of hydrogen-bond acceptors (Lipinski definition) is 3. The van der Waals surface area contributed by atoms with E-state index in [-0.39, 0.29) is 0 Å². The van der Waals surface area contributed by atoms with Gasteiger partial charge in [0.25, 0.3) is 0 Å². The van der Waals surface area contributed by atoms with Gasteiger partial charge in [0.05, 0.1) is 13.2 Å². The van der Waals surface area contributed by atoms with E-state index < -0.39 is 9.96 Å². The summed E-state index contributed by atoms with van der Waals surface area (Å²) in [7, 11) is 0. The zero-order chi connectivity index (χ0) is 10.6. The lowest BCUT2D eigenvalue weighted by atomic mass is 10.3. The van der Waals surface area contributed by atoms with Crippen LogP contribution in [0, 0.1) is 0 Å². The third kappa shape index (κ3) is 3.44. The summed E-state index contributed by atoms with van der Waals surface area (Å²) in [6, 6.07) is 0. The molecule has 1 rings (SSSR count). The number of nitrogens with zero attached hydrogens (tertiary/aromatic N) is 1. The Kier molecular flexibility index (Phi) is 4.73. The standard InChI is InChI=1S/C7H11Cl3N2O2/c8-7(9,10)6(11-5-13)12-1-3-14-4-2-12/h5-6H,1-4H2,(H,11,13)/t6-/m0/s1. The molecule has 1 fully saturated rings. The summed E-state index contributed by atoms with van der Waals surface area (Å²) < 4.78 is 3.62. The maximum Gasteiger partial charge on any atom is 0.223 e. The predicted molar refractivity (Wildman–Crippen MR) is 55.7 cm³/mol. The van der Waals surface area contributed by atoms with Gasteiger partial charge in [-0.25, -0.2) is 0 Å². The molecule has 0 bridgehead atoms. The highest BCUT2D eigenvalue weighted by Crippen LogP contribution is 2.32. The molecule has 4 nitrogen and oxygen atoms in total. The number of rotatable bonds is 3. The van der Waals surface area contributed by atoms with E-state index in [2.05, 4.69) is 5.32 Å². The van der Waals surface area contributed by atoms with E-state index in [0.717, 1.165) is 0 Å². The summed E-state index contributed by atoms with van der Waals surface area (Å²) in [5.74, 6) is 0. The quantitative estimate of drug-likeness (QED) is 0.602. The molecular weight excluding hydrogens is 250 g/mol. The molecule has 14 heavy (non-hydrogen) atoms. The van der Waals surface area contributed by atoms with Crippen LogP contribution in [0.4, 0.5) is 0 Å². The minimum Gasteiger partial charge on any atom is -0.379 e. The third-order valence-corrected chi connectivity index (χ3v) is 2.57. The van der Waals surface area contributed by atoms with Gasteiger partial charge in [-0.15, -0.1) is 0 Å². The lowest BCUT2D eigenvalue weighted by Crippen LogP contribution is -2.56. The lowest BCUT2D eigenvalue weighted by Gasteiger charge is -2.37. The van der Waals surface area contributed by atoms with Crippen LogP contribution in [0.25, 0.3) is 0 Å². The highest BCUT2D eigenvalue weighted by molar-refractivity contribution is 6.68. The van der Waals surface area contributed by atoms with Crippen molar-refractivity contribution in [3.63, 3.8) is 0 Å². The van der Waals surface area contributed by atoms with Crippen LogP contribution in [-0.4, -0.2) is 47.6 Å². The van der Waals surface area contributed by atoms with E-state index in [0.29, 0.717) is 32.7 Å². The van der Waals surface area contributed by atoms with Gasteiger partial charge in [0, 0.05) is 13.1 Å². The molecule has 0 spiro atoms. The van der Waals surface area contributed by atoms with Gasteiger partial charge in [0.2, 0.25) is 10.2 Å². The lowest BCUT2D eigenvalue weighted by molar-refractivity contribution is -0.112. The molecule has 7 heteroatoms. The molecule has 0 saturated carbocycles. The Morgan fingerprint density at radius 1 is 1.36 bits per heavy atom. The fraction of sp³-hybridized carbons (Fsp3) is 0.857. The second-order valence-corrected chi connectivity index (χ2v) is 5.25. The maximum absolute atomic E-state index is 10.4. The number of morpholine rings is 1. The molecule has 0 aromatic heterocycles. The summed E-state index contributed by atoms with van der Waals surface area (Å²) in [6.07, 6.45) is -0.0731. The van der Waals surface area contributed by atoms with Crippen LogP contribution in [0.3, 0.4) is 0 Å². The fourth-order valence-electron chi connectivity index (χ4n) is 1.31. The number of hydrogen-bond donors (Lipinski definition) is 1. The average Bonchev–Trinajstić information content (AvgIpc) is 2.14. The van der Waals surface area contributed by atoms with Crippen molar-refractivity contribution in [1.29, 1.82) is 0 Å². The van der Waals surface area contributed by atoms with Crippen LogP contribution in [0.2, 0.25) is 0 Å². The molecule has 1 aliphatic rings. The van der Waals surface area contributed by atoms with Crippen LogP contribution in [0.1, 0.15) is 0 Å². The Hall–Kier alpha value is 0.260. The summed E-state index contributed by atoms with van der Waals surface area (Å²) >= 11 is 17.2. The van der Waals surface area contributed by atoms with Crippen molar-refractivity contribution in [2.24, 2.45) is 0 Å². The Morgan fingerprint density at radius 2 is 1.93 bits per heavy atom. The maximum atomic E-state index is 10.4.